The van der Waals surface area contributed by atoms with E-state index in [0.717, 1.165) is 12.1 Å². The number of carbonyl (C=O) groups is 4. The highest BCUT2D eigenvalue weighted by Crippen LogP contribution is 2.47. The second-order valence-corrected chi connectivity index (χ2v) is 12.3. The third-order valence-electron chi connectivity index (χ3n) is 7.53. The highest BCUT2D eigenvalue weighted by atomic mass is 19.4. The summed E-state index contributed by atoms with van der Waals surface area (Å²) < 4.78 is 60.1. The Morgan fingerprint density at radius 1 is 1.09 bits per heavy atom. The number of benzene rings is 2. The zero-order valence-electron chi connectivity index (χ0n) is 25.1. The third-order valence-corrected chi connectivity index (χ3v) is 7.53. The molecule has 0 unspecified atom stereocenters. The summed E-state index contributed by atoms with van der Waals surface area (Å²) in [6.07, 6.45) is -3.13. The molecule has 5 rings (SSSR count). The van der Waals surface area contributed by atoms with Crippen LogP contribution in [0.3, 0.4) is 0 Å². The van der Waals surface area contributed by atoms with Gasteiger partial charge in [-0.05, 0) is 61.2 Å². The summed E-state index contributed by atoms with van der Waals surface area (Å²) in [5.74, 6) is -3.14. The molecule has 11 nitrogen and oxygen atoms in total. The maximum Gasteiger partial charge on any atom is 0.406 e. The first-order valence-electron chi connectivity index (χ1n) is 14.2. The molecule has 4 amide bonds. The zero-order valence-corrected chi connectivity index (χ0v) is 25.1. The number of rotatable bonds is 8. The Morgan fingerprint density at radius 3 is 2.43 bits per heavy atom. The lowest BCUT2D eigenvalue weighted by molar-refractivity contribution is -0.163. The van der Waals surface area contributed by atoms with Gasteiger partial charge in [0.1, 0.15) is 36.6 Å². The van der Waals surface area contributed by atoms with E-state index in [1.807, 2.05) is 0 Å². The van der Waals surface area contributed by atoms with Crippen LogP contribution in [-0.4, -0.2) is 73.4 Å². The number of aromatic nitrogens is 2. The minimum atomic E-state index is -4.79. The third kappa shape index (κ3) is 6.88. The first-order chi connectivity index (χ1) is 21.4. The molecule has 15 heteroatoms. The number of ether oxygens (including phenoxy) is 1. The minimum Gasteiger partial charge on any atom is -0.459 e. The molecule has 2 heterocycles. The first-order valence-corrected chi connectivity index (χ1v) is 14.2. The van der Waals surface area contributed by atoms with Crippen LogP contribution in [-0.2, 0) is 37.7 Å². The smallest absolute Gasteiger partial charge is 0.406 e. The van der Waals surface area contributed by atoms with Crippen molar-refractivity contribution in [1.29, 1.82) is 0 Å². The molecule has 1 saturated heterocycles. The standard InChI is InChI=1S/C31H31F4N5O6/c1-29(2,3)46-26(43)16-39-14-20(12-36-39)19-6-9-23-22(10-19)24(41)11-30(23)27(44)40(28(45)37-30)15-25(42)38(17-31(33,34)35)13-18-4-7-21(32)8-5-18/h4-10,12,14,24,41H,11,13,15-17H2,1-3H3,(H,37,45)/t24-,30-/m0/s1. The molecule has 0 saturated carbocycles. The summed E-state index contributed by atoms with van der Waals surface area (Å²) in [5, 5.41) is 17.7. The van der Waals surface area contributed by atoms with Crippen molar-refractivity contribution in [2.45, 2.75) is 63.7 Å². The van der Waals surface area contributed by atoms with Crippen molar-refractivity contribution in [3.63, 3.8) is 0 Å². The van der Waals surface area contributed by atoms with Crippen molar-refractivity contribution in [3.05, 3.63) is 77.4 Å². The fourth-order valence-electron chi connectivity index (χ4n) is 5.61. The van der Waals surface area contributed by atoms with Gasteiger partial charge in [0, 0.05) is 24.7 Å². The highest BCUT2D eigenvalue weighted by Gasteiger charge is 2.58. The van der Waals surface area contributed by atoms with E-state index in [9.17, 15) is 41.8 Å². The lowest BCUT2D eigenvalue weighted by Crippen LogP contribution is -2.46. The highest BCUT2D eigenvalue weighted by molar-refractivity contribution is 6.10. The monoisotopic (exact) mass is 645 g/mol. The van der Waals surface area contributed by atoms with Gasteiger partial charge in [-0.15, -0.1) is 0 Å². The van der Waals surface area contributed by atoms with Gasteiger partial charge >= 0.3 is 18.2 Å². The van der Waals surface area contributed by atoms with Crippen LogP contribution in [0.1, 0.15) is 50.0 Å². The number of urea groups is 1. The van der Waals surface area contributed by atoms with Gasteiger partial charge in [0.05, 0.1) is 12.3 Å². The quantitative estimate of drug-likeness (QED) is 0.216. The number of alkyl halides is 3. The first kappa shape index (κ1) is 32.6. The fraction of sp³-hybridized carbons (Fsp3) is 0.387. The molecule has 0 bridgehead atoms. The Hall–Kier alpha value is -4.79. The molecule has 244 valence electrons. The summed E-state index contributed by atoms with van der Waals surface area (Å²) in [6.45, 7) is 1.93. The van der Waals surface area contributed by atoms with Crippen molar-refractivity contribution < 1.29 is 46.6 Å². The molecule has 46 heavy (non-hydrogen) atoms. The normalized spacial score (nSPS) is 19.4. The van der Waals surface area contributed by atoms with E-state index >= 15 is 0 Å². The van der Waals surface area contributed by atoms with Crippen molar-refractivity contribution >= 4 is 23.8 Å². The molecule has 1 aliphatic carbocycles. The molecule has 1 fully saturated rings. The Bertz CT molecular complexity index is 1680. The van der Waals surface area contributed by atoms with Gasteiger partial charge in [0.15, 0.2) is 0 Å². The molecule has 2 atom stereocenters. The van der Waals surface area contributed by atoms with Gasteiger partial charge in [-0.3, -0.25) is 24.0 Å². The Morgan fingerprint density at radius 2 is 1.78 bits per heavy atom. The van der Waals surface area contributed by atoms with Crippen molar-refractivity contribution in [2.75, 3.05) is 13.1 Å². The molecular weight excluding hydrogens is 614 g/mol. The molecule has 1 aromatic heterocycles. The van der Waals surface area contributed by atoms with Gasteiger partial charge < -0.3 is 20.1 Å². The van der Waals surface area contributed by atoms with E-state index in [4.69, 9.17) is 4.74 Å². The molecular formula is C31H31F4N5O6. The van der Waals surface area contributed by atoms with Crippen LogP contribution < -0.4 is 5.32 Å². The lowest BCUT2D eigenvalue weighted by Gasteiger charge is -2.26. The number of halogens is 4. The number of nitrogens with one attached hydrogen (secondary N) is 1. The summed E-state index contributed by atoms with van der Waals surface area (Å²) >= 11 is 0. The van der Waals surface area contributed by atoms with Gasteiger partial charge in [0.25, 0.3) is 5.91 Å². The van der Waals surface area contributed by atoms with Gasteiger partial charge in [0.2, 0.25) is 5.91 Å². The van der Waals surface area contributed by atoms with Crippen molar-refractivity contribution in [1.82, 2.24) is 24.9 Å². The average Bonchev–Trinajstić information content (AvgIpc) is 3.58. The zero-order chi connectivity index (χ0) is 33.6. The van der Waals surface area contributed by atoms with Crippen LogP contribution in [0, 0.1) is 5.82 Å². The van der Waals surface area contributed by atoms with E-state index < -0.39 is 72.7 Å². The molecule has 2 N–H and O–H groups in total. The number of nitrogens with zero attached hydrogens (tertiary/aromatic N) is 4. The maximum absolute atomic E-state index is 13.7. The number of hydrogen-bond acceptors (Lipinski definition) is 7. The van der Waals surface area contributed by atoms with E-state index in [1.165, 1.54) is 23.0 Å². The van der Waals surface area contributed by atoms with Crippen molar-refractivity contribution in [3.8, 4) is 11.1 Å². The predicted octanol–water partition coefficient (Wildman–Crippen LogP) is 3.81. The van der Waals surface area contributed by atoms with Crippen LogP contribution in [0.4, 0.5) is 22.4 Å². The van der Waals surface area contributed by atoms with E-state index in [0.29, 0.717) is 26.5 Å². The maximum atomic E-state index is 13.7. The Labute approximate surface area is 260 Å². The molecule has 1 spiro atoms. The summed E-state index contributed by atoms with van der Waals surface area (Å²) in [4.78, 5) is 52.9. The molecule has 2 aromatic carbocycles. The van der Waals surface area contributed by atoms with Crippen LogP contribution in [0.25, 0.3) is 11.1 Å². The minimum absolute atomic E-state index is 0.132. The SMILES string of the molecule is CC(C)(C)OC(=O)Cn1cc(-c2ccc3c(c2)[C@@H](O)C[C@]32NC(=O)N(CC(=O)N(Cc3ccc(F)cc3)CC(F)(F)F)C2=O)cn1. The number of carbonyl (C=O) groups excluding carboxylic acids is 4. The van der Waals surface area contributed by atoms with Crippen LogP contribution >= 0.6 is 0 Å². The van der Waals surface area contributed by atoms with Crippen LogP contribution in [0.2, 0.25) is 0 Å². The largest absolute Gasteiger partial charge is 0.459 e. The summed E-state index contributed by atoms with van der Waals surface area (Å²) in [5.41, 5.74) is -0.395. The van der Waals surface area contributed by atoms with E-state index in [2.05, 4.69) is 10.4 Å². The average molecular weight is 646 g/mol. The molecule has 1 aliphatic heterocycles. The number of amides is 4. The second kappa shape index (κ2) is 11.9. The number of esters is 1. The fourth-order valence-corrected chi connectivity index (χ4v) is 5.61. The lowest BCUT2D eigenvalue weighted by atomic mass is 9.90. The molecule has 0 radical (unpaired) electrons. The number of fused-ring (bicyclic) bond motifs is 2. The predicted molar refractivity (Wildman–Crippen MR) is 153 cm³/mol. The number of imide groups is 1. The number of aliphatic hydroxyl groups excluding tert-OH is 1. The summed E-state index contributed by atoms with van der Waals surface area (Å²) in [6, 6.07) is 8.32. The van der Waals surface area contributed by atoms with Gasteiger partial charge in [-0.25, -0.2) is 9.18 Å². The Kier molecular flexibility index (Phi) is 8.40. The number of aliphatic hydroxyl groups is 1. The van der Waals surface area contributed by atoms with E-state index in [1.54, 1.807) is 45.2 Å². The number of hydrogen-bond donors (Lipinski definition) is 2. The van der Waals surface area contributed by atoms with Crippen LogP contribution in [0.5, 0.6) is 0 Å². The summed E-state index contributed by atoms with van der Waals surface area (Å²) in [7, 11) is 0. The van der Waals surface area contributed by atoms with Gasteiger partial charge in [-0.2, -0.15) is 18.3 Å². The van der Waals surface area contributed by atoms with E-state index in [-0.39, 0.29) is 24.1 Å². The second-order valence-electron chi connectivity index (χ2n) is 12.3. The van der Waals surface area contributed by atoms with Crippen LogP contribution in [0.15, 0.2) is 54.9 Å². The van der Waals surface area contributed by atoms with Crippen molar-refractivity contribution in [2.24, 2.45) is 0 Å². The Balaban J connectivity index is 1.34. The van der Waals surface area contributed by atoms with Gasteiger partial charge in [-0.1, -0.05) is 24.3 Å². The molecule has 2 aliphatic rings. The molecule has 3 aromatic rings. The topological polar surface area (TPSA) is 134 Å².